The molecule has 1 heterocycles. The molecule has 2 atom stereocenters. The van der Waals surface area contributed by atoms with Crippen LogP contribution in [-0.2, 0) is 11.3 Å². The summed E-state index contributed by atoms with van der Waals surface area (Å²) < 4.78 is 21.9. The summed E-state index contributed by atoms with van der Waals surface area (Å²) in [6.07, 6.45) is -0.251. The van der Waals surface area contributed by atoms with E-state index in [9.17, 15) is 4.79 Å². The van der Waals surface area contributed by atoms with Crippen LogP contribution in [0.15, 0.2) is 12.1 Å². The first kappa shape index (κ1) is 22.1. The highest BCUT2D eigenvalue weighted by molar-refractivity contribution is 5.68. The van der Waals surface area contributed by atoms with Gasteiger partial charge in [0.2, 0.25) is 5.75 Å². The molecule has 0 aromatic heterocycles. The van der Waals surface area contributed by atoms with Crippen LogP contribution in [0.4, 0.5) is 4.79 Å². The Labute approximate surface area is 168 Å². The van der Waals surface area contributed by atoms with E-state index < -0.39 is 5.60 Å². The second-order valence-electron chi connectivity index (χ2n) is 8.29. The Bertz CT molecular complexity index is 649. The summed E-state index contributed by atoms with van der Waals surface area (Å²) in [6, 6.07) is 4.33. The van der Waals surface area contributed by atoms with Gasteiger partial charge in [0.05, 0.1) is 21.3 Å². The first-order valence-corrected chi connectivity index (χ1v) is 9.62. The highest BCUT2D eigenvalue weighted by atomic mass is 16.6. The molecule has 1 fully saturated rings. The van der Waals surface area contributed by atoms with E-state index in [4.69, 9.17) is 18.9 Å². The molecular weight excluding hydrogens is 360 g/mol. The van der Waals surface area contributed by atoms with Crippen LogP contribution in [0.1, 0.15) is 40.2 Å². The van der Waals surface area contributed by atoms with Crippen molar-refractivity contribution in [3.63, 3.8) is 0 Å². The Morgan fingerprint density at radius 1 is 1.00 bits per heavy atom. The summed E-state index contributed by atoms with van der Waals surface area (Å²) in [6.45, 7) is 11.9. The molecule has 1 aromatic carbocycles. The molecule has 1 aromatic rings. The fourth-order valence-corrected chi connectivity index (χ4v) is 3.58. The van der Waals surface area contributed by atoms with E-state index in [2.05, 4.69) is 18.7 Å². The van der Waals surface area contributed by atoms with E-state index in [1.165, 1.54) is 0 Å². The molecule has 2 rings (SSSR count). The topological polar surface area (TPSA) is 60.5 Å². The van der Waals surface area contributed by atoms with Gasteiger partial charge in [0.1, 0.15) is 5.60 Å². The summed E-state index contributed by atoms with van der Waals surface area (Å²) in [4.78, 5) is 16.6. The Morgan fingerprint density at radius 2 is 1.50 bits per heavy atom. The van der Waals surface area contributed by atoms with E-state index in [-0.39, 0.29) is 18.2 Å². The van der Waals surface area contributed by atoms with Gasteiger partial charge in [-0.2, -0.15) is 0 Å². The van der Waals surface area contributed by atoms with Gasteiger partial charge in [-0.15, -0.1) is 0 Å². The molecule has 7 heteroatoms. The van der Waals surface area contributed by atoms with Crippen LogP contribution in [0.2, 0.25) is 0 Å². The number of hydrogen-bond acceptors (Lipinski definition) is 6. The Morgan fingerprint density at radius 3 is 1.89 bits per heavy atom. The van der Waals surface area contributed by atoms with Gasteiger partial charge >= 0.3 is 6.09 Å². The summed E-state index contributed by atoms with van der Waals surface area (Å²) in [5.41, 5.74) is 0.579. The predicted molar refractivity (Wildman–Crippen MR) is 108 cm³/mol. The van der Waals surface area contributed by atoms with Gasteiger partial charge in [0.15, 0.2) is 11.5 Å². The minimum absolute atomic E-state index is 0.190. The van der Waals surface area contributed by atoms with Gasteiger partial charge in [0, 0.05) is 31.7 Å². The minimum atomic E-state index is -0.489. The van der Waals surface area contributed by atoms with E-state index in [0.717, 1.165) is 12.1 Å². The van der Waals surface area contributed by atoms with Crippen LogP contribution >= 0.6 is 0 Å². The standard InChI is InChI=1S/C21H34N2O5/c1-14-11-22(20(24)28-21(3,4)5)12-15(2)23(14)13-16-9-17(25-6)19(27-8)18(10-16)26-7/h9-10,14-15H,11-13H2,1-8H3/t14-,15+. The number of ether oxygens (including phenoxy) is 4. The zero-order chi connectivity index (χ0) is 21.1. The van der Waals surface area contributed by atoms with Crippen LogP contribution in [-0.4, -0.2) is 68.0 Å². The van der Waals surface area contributed by atoms with Crippen molar-refractivity contribution < 1.29 is 23.7 Å². The number of benzene rings is 1. The number of nitrogens with zero attached hydrogens (tertiary/aromatic N) is 2. The number of hydrogen-bond donors (Lipinski definition) is 0. The predicted octanol–water partition coefficient (Wildman–Crippen LogP) is 3.54. The lowest BCUT2D eigenvalue weighted by Crippen LogP contribution is -2.58. The second-order valence-corrected chi connectivity index (χ2v) is 8.29. The van der Waals surface area contributed by atoms with Gasteiger partial charge in [-0.3, -0.25) is 4.90 Å². The average molecular weight is 395 g/mol. The minimum Gasteiger partial charge on any atom is -0.493 e. The maximum atomic E-state index is 12.4. The van der Waals surface area contributed by atoms with E-state index in [1.807, 2.05) is 32.9 Å². The Hall–Kier alpha value is -2.15. The summed E-state index contributed by atoms with van der Waals surface area (Å²) in [5.74, 6) is 1.87. The van der Waals surface area contributed by atoms with Crippen molar-refractivity contribution in [2.75, 3.05) is 34.4 Å². The third-order valence-corrected chi connectivity index (χ3v) is 4.84. The lowest BCUT2D eigenvalue weighted by molar-refractivity contribution is -0.00969. The molecular formula is C21H34N2O5. The Balaban J connectivity index is 2.14. The van der Waals surface area contributed by atoms with E-state index >= 15 is 0 Å². The largest absolute Gasteiger partial charge is 0.493 e. The fraction of sp³-hybridized carbons (Fsp3) is 0.667. The molecule has 1 saturated heterocycles. The lowest BCUT2D eigenvalue weighted by Gasteiger charge is -2.44. The molecule has 1 aliphatic rings. The van der Waals surface area contributed by atoms with Gasteiger partial charge in [-0.05, 0) is 52.3 Å². The van der Waals surface area contributed by atoms with Gasteiger partial charge < -0.3 is 23.8 Å². The molecule has 0 bridgehead atoms. The van der Waals surface area contributed by atoms with E-state index in [1.54, 1.807) is 26.2 Å². The highest BCUT2D eigenvalue weighted by Gasteiger charge is 2.34. The SMILES string of the molecule is COc1cc(CN2[C@H](C)CN(C(=O)OC(C)(C)C)C[C@@H]2C)cc(OC)c1OC. The highest BCUT2D eigenvalue weighted by Crippen LogP contribution is 2.38. The van der Waals surface area contributed by atoms with Crippen LogP contribution in [0.5, 0.6) is 17.2 Å². The van der Waals surface area contributed by atoms with Crippen molar-refractivity contribution in [3.8, 4) is 17.2 Å². The van der Waals surface area contributed by atoms with Crippen molar-refractivity contribution in [1.29, 1.82) is 0 Å². The van der Waals surface area contributed by atoms with Crippen molar-refractivity contribution in [3.05, 3.63) is 17.7 Å². The number of amides is 1. The summed E-state index contributed by atoms with van der Waals surface area (Å²) in [7, 11) is 4.83. The van der Waals surface area contributed by atoms with Crippen LogP contribution in [0.25, 0.3) is 0 Å². The smallest absolute Gasteiger partial charge is 0.410 e. The number of methoxy groups -OCH3 is 3. The van der Waals surface area contributed by atoms with Gasteiger partial charge in [0.25, 0.3) is 0 Å². The normalized spacial score (nSPS) is 20.6. The molecule has 1 aliphatic heterocycles. The second kappa shape index (κ2) is 8.90. The maximum Gasteiger partial charge on any atom is 0.410 e. The third kappa shape index (κ3) is 5.22. The van der Waals surface area contributed by atoms with Crippen molar-refractivity contribution in [2.24, 2.45) is 0 Å². The first-order valence-electron chi connectivity index (χ1n) is 9.62. The van der Waals surface area contributed by atoms with E-state index in [0.29, 0.717) is 30.3 Å². The molecule has 158 valence electrons. The monoisotopic (exact) mass is 394 g/mol. The number of rotatable bonds is 5. The molecule has 0 unspecified atom stereocenters. The Kier molecular flexibility index (Phi) is 7.04. The molecule has 1 amide bonds. The quantitative estimate of drug-likeness (QED) is 0.761. The first-order chi connectivity index (χ1) is 13.1. The molecule has 0 N–H and O–H groups in total. The van der Waals surface area contributed by atoms with Gasteiger partial charge in [-0.1, -0.05) is 0 Å². The van der Waals surface area contributed by atoms with Crippen molar-refractivity contribution in [2.45, 2.75) is 58.8 Å². The number of carbonyl (C=O) groups excluding carboxylic acids is 1. The van der Waals surface area contributed by atoms with Crippen LogP contribution in [0.3, 0.4) is 0 Å². The molecule has 28 heavy (non-hydrogen) atoms. The summed E-state index contributed by atoms with van der Waals surface area (Å²) >= 11 is 0. The fourth-order valence-electron chi connectivity index (χ4n) is 3.58. The maximum absolute atomic E-state index is 12.4. The number of piperazine rings is 1. The van der Waals surface area contributed by atoms with Crippen LogP contribution in [0, 0.1) is 0 Å². The molecule has 0 saturated carbocycles. The molecule has 7 nitrogen and oxygen atoms in total. The number of carbonyl (C=O) groups is 1. The third-order valence-electron chi connectivity index (χ3n) is 4.84. The summed E-state index contributed by atoms with van der Waals surface area (Å²) in [5, 5.41) is 0. The molecule has 0 radical (unpaired) electrons. The average Bonchev–Trinajstić information content (AvgIpc) is 2.62. The lowest BCUT2D eigenvalue weighted by atomic mass is 10.1. The zero-order valence-electron chi connectivity index (χ0n) is 18.4. The van der Waals surface area contributed by atoms with Gasteiger partial charge in [-0.25, -0.2) is 4.79 Å². The molecule has 0 spiro atoms. The molecule has 0 aliphatic carbocycles. The van der Waals surface area contributed by atoms with Crippen LogP contribution < -0.4 is 14.2 Å². The zero-order valence-corrected chi connectivity index (χ0v) is 18.4. The van der Waals surface area contributed by atoms with Crippen molar-refractivity contribution in [1.82, 2.24) is 9.80 Å². The van der Waals surface area contributed by atoms with Crippen molar-refractivity contribution >= 4 is 6.09 Å².